The van der Waals surface area contributed by atoms with Crippen molar-refractivity contribution in [1.29, 1.82) is 0 Å². The van der Waals surface area contributed by atoms with Crippen LogP contribution in [0.1, 0.15) is 20.3 Å². The summed E-state index contributed by atoms with van der Waals surface area (Å²) < 4.78 is 10.6. The Morgan fingerprint density at radius 3 is 2.50 bits per heavy atom. The Morgan fingerprint density at radius 1 is 1.29 bits per heavy atom. The molecule has 0 bridgehead atoms. The van der Waals surface area contributed by atoms with Crippen LogP contribution < -0.4 is 5.32 Å². The molecule has 24 heavy (non-hydrogen) atoms. The molecule has 6 N–H and O–H groups in total. The molecule has 0 radical (unpaired) electrons. The Labute approximate surface area is 140 Å². The summed E-state index contributed by atoms with van der Waals surface area (Å²) in [5.41, 5.74) is 0. The van der Waals surface area contributed by atoms with Crippen molar-refractivity contribution in [3.63, 3.8) is 0 Å². The van der Waals surface area contributed by atoms with E-state index in [1.807, 2.05) is 0 Å². The van der Waals surface area contributed by atoms with Crippen LogP contribution in [0.25, 0.3) is 0 Å². The van der Waals surface area contributed by atoms with Crippen molar-refractivity contribution < 1.29 is 39.8 Å². The Bertz CT molecular complexity index is 416. The van der Waals surface area contributed by atoms with Gasteiger partial charge in [0, 0.05) is 6.42 Å². The molecular formula is C15H27NO8. The van der Waals surface area contributed by atoms with E-state index in [2.05, 4.69) is 5.32 Å². The van der Waals surface area contributed by atoms with Gasteiger partial charge in [0.15, 0.2) is 6.29 Å². The van der Waals surface area contributed by atoms with Gasteiger partial charge in [0.1, 0.15) is 24.4 Å². The summed E-state index contributed by atoms with van der Waals surface area (Å²) in [6.45, 7) is 2.59. The molecular weight excluding hydrogens is 322 g/mol. The van der Waals surface area contributed by atoms with E-state index in [9.17, 15) is 25.2 Å². The Balaban J connectivity index is 2.71. The third-order valence-electron chi connectivity index (χ3n) is 3.76. The maximum absolute atomic E-state index is 11.6. The van der Waals surface area contributed by atoms with Crippen LogP contribution in [0.15, 0.2) is 12.2 Å². The lowest BCUT2D eigenvalue weighted by atomic mass is 9.99. The van der Waals surface area contributed by atoms with Gasteiger partial charge in [-0.05, 0) is 6.92 Å². The van der Waals surface area contributed by atoms with Crippen molar-refractivity contribution in [2.24, 2.45) is 0 Å². The average molecular weight is 349 g/mol. The number of carbonyl (C=O) groups is 1. The molecule has 1 rings (SSSR count). The molecule has 0 saturated carbocycles. The molecule has 1 amide bonds. The highest BCUT2D eigenvalue weighted by Gasteiger charge is 2.44. The molecule has 1 fully saturated rings. The quantitative estimate of drug-likeness (QED) is 0.266. The third kappa shape index (κ3) is 5.49. The molecule has 9 heteroatoms. The molecule has 7 atom stereocenters. The lowest BCUT2D eigenvalue weighted by Crippen LogP contribution is -2.60. The highest BCUT2D eigenvalue weighted by Crippen LogP contribution is 2.22. The van der Waals surface area contributed by atoms with Crippen molar-refractivity contribution in [3.05, 3.63) is 12.2 Å². The second kappa shape index (κ2) is 10.0. The van der Waals surface area contributed by atoms with Gasteiger partial charge in [-0.2, -0.15) is 0 Å². The van der Waals surface area contributed by atoms with Gasteiger partial charge in [0.25, 0.3) is 0 Å². The van der Waals surface area contributed by atoms with Gasteiger partial charge >= 0.3 is 0 Å². The molecule has 1 aliphatic heterocycles. The maximum atomic E-state index is 11.6. The number of aliphatic hydroxyl groups excluding tert-OH is 5. The summed E-state index contributed by atoms with van der Waals surface area (Å²) in [6.07, 6.45) is -4.68. The topological polar surface area (TPSA) is 149 Å². The number of amides is 1. The van der Waals surface area contributed by atoms with Gasteiger partial charge in [0.05, 0.1) is 25.4 Å². The number of aliphatic hydroxyl groups is 5. The largest absolute Gasteiger partial charge is 0.394 e. The van der Waals surface area contributed by atoms with Gasteiger partial charge in [-0.3, -0.25) is 4.79 Å². The van der Waals surface area contributed by atoms with E-state index < -0.39 is 49.5 Å². The Hall–Kier alpha value is -1.07. The first-order valence-electron chi connectivity index (χ1n) is 7.88. The van der Waals surface area contributed by atoms with Crippen LogP contribution in [0, 0.1) is 0 Å². The minimum Gasteiger partial charge on any atom is -0.394 e. The van der Waals surface area contributed by atoms with Crippen LogP contribution in [-0.4, -0.2) is 87.5 Å². The van der Waals surface area contributed by atoms with E-state index in [0.717, 1.165) is 0 Å². The fraction of sp³-hybridized carbons (Fsp3) is 0.800. The lowest BCUT2D eigenvalue weighted by molar-refractivity contribution is -0.302. The van der Waals surface area contributed by atoms with Crippen LogP contribution in [0.3, 0.4) is 0 Å². The SMILES string of the molecule is C/C=C/[C@@H](O)[C@H](CO[C@@H]1O[C@H](CO)[C@H](O)[C@H](O)[C@H]1O)NC(=O)CC. The molecule has 0 unspecified atom stereocenters. The first kappa shape index (κ1) is 21.0. The predicted molar refractivity (Wildman–Crippen MR) is 82.8 cm³/mol. The number of carbonyl (C=O) groups excluding carboxylic acids is 1. The van der Waals surface area contributed by atoms with Crippen LogP contribution in [0.4, 0.5) is 0 Å². The van der Waals surface area contributed by atoms with E-state index in [-0.39, 0.29) is 18.9 Å². The van der Waals surface area contributed by atoms with Crippen LogP contribution in [0.5, 0.6) is 0 Å². The van der Waals surface area contributed by atoms with E-state index in [1.54, 1.807) is 19.9 Å². The third-order valence-corrected chi connectivity index (χ3v) is 3.76. The fourth-order valence-electron chi connectivity index (χ4n) is 2.27. The number of hydrogen-bond acceptors (Lipinski definition) is 8. The first-order valence-corrected chi connectivity index (χ1v) is 7.88. The number of ether oxygens (including phenoxy) is 2. The van der Waals surface area contributed by atoms with Gasteiger partial charge in [-0.15, -0.1) is 0 Å². The number of nitrogens with one attached hydrogen (secondary N) is 1. The fourth-order valence-corrected chi connectivity index (χ4v) is 2.27. The Kier molecular flexibility index (Phi) is 8.78. The molecule has 140 valence electrons. The lowest BCUT2D eigenvalue weighted by Gasteiger charge is -2.40. The van der Waals surface area contributed by atoms with Crippen molar-refractivity contribution in [2.75, 3.05) is 13.2 Å². The summed E-state index contributed by atoms with van der Waals surface area (Å²) in [6, 6.07) is -0.791. The van der Waals surface area contributed by atoms with Crippen molar-refractivity contribution in [2.45, 2.75) is 63.1 Å². The number of hydrogen-bond donors (Lipinski definition) is 6. The van der Waals surface area contributed by atoms with Crippen LogP contribution in [-0.2, 0) is 14.3 Å². The van der Waals surface area contributed by atoms with Crippen LogP contribution >= 0.6 is 0 Å². The molecule has 1 aliphatic rings. The van der Waals surface area contributed by atoms with E-state index in [1.165, 1.54) is 6.08 Å². The molecule has 0 aromatic carbocycles. The maximum Gasteiger partial charge on any atom is 0.220 e. The van der Waals surface area contributed by atoms with Gasteiger partial charge < -0.3 is 40.3 Å². The molecule has 0 aromatic rings. The molecule has 0 aliphatic carbocycles. The summed E-state index contributed by atoms with van der Waals surface area (Å²) >= 11 is 0. The van der Waals surface area contributed by atoms with E-state index >= 15 is 0 Å². The van der Waals surface area contributed by atoms with Gasteiger partial charge in [0.2, 0.25) is 5.91 Å². The van der Waals surface area contributed by atoms with Gasteiger partial charge in [-0.25, -0.2) is 0 Å². The number of rotatable bonds is 8. The zero-order valence-electron chi connectivity index (χ0n) is 13.8. The molecule has 1 saturated heterocycles. The van der Waals surface area contributed by atoms with Crippen LogP contribution in [0.2, 0.25) is 0 Å². The second-order valence-corrected chi connectivity index (χ2v) is 5.57. The minimum absolute atomic E-state index is 0.208. The van der Waals surface area contributed by atoms with Crippen molar-refractivity contribution in [3.8, 4) is 0 Å². The zero-order valence-corrected chi connectivity index (χ0v) is 13.8. The summed E-state index contributed by atoms with van der Waals surface area (Å²) in [5.74, 6) is -0.291. The minimum atomic E-state index is -1.55. The highest BCUT2D eigenvalue weighted by atomic mass is 16.7. The molecule has 0 aromatic heterocycles. The van der Waals surface area contributed by atoms with Crippen molar-refractivity contribution >= 4 is 5.91 Å². The van der Waals surface area contributed by atoms with Gasteiger partial charge in [-0.1, -0.05) is 19.1 Å². The van der Waals surface area contributed by atoms with E-state index in [4.69, 9.17) is 14.6 Å². The summed E-state index contributed by atoms with van der Waals surface area (Å²) in [4.78, 5) is 11.6. The monoisotopic (exact) mass is 349 g/mol. The van der Waals surface area contributed by atoms with Crippen molar-refractivity contribution in [1.82, 2.24) is 5.32 Å². The molecule has 0 spiro atoms. The number of allylic oxidation sites excluding steroid dienone is 1. The zero-order chi connectivity index (χ0) is 18.3. The summed E-state index contributed by atoms with van der Waals surface area (Å²) in [5, 5.41) is 51.1. The Morgan fingerprint density at radius 2 is 1.96 bits per heavy atom. The van der Waals surface area contributed by atoms with E-state index in [0.29, 0.717) is 0 Å². The summed E-state index contributed by atoms with van der Waals surface area (Å²) in [7, 11) is 0. The standard InChI is InChI=1S/C15H27NO8/c1-3-5-9(18)8(16-11(19)4-2)7-23-15-14(22)13(21)12(20)10(6-17)24-15/h3,5,8-10,12-15,17-18,20-22H,4,6-7H2,1-2H3,(H,16,19)/b5-3+/t8-,9+,10+,12-,13-,14+,15+/m0/s1. The smallest absolute Gasteiger partial charge is 0.220 e. The normalized spacial score (nSPS) is 33.4. The molecule has 9 nitrogen and oxygen atoms in total. The predicted octanol–water partition coefficient (Wildman–Crippen LogP) is -2.37. The average Bonchev–Trinajstić information content (AvgIpc) is 2.57. The highest BCUT2D eigenvalue weighted by molar-refractivity contribution is 5.75. The molecule has 1 heterocycles. The first-order chi connectivity index (χ1) is 11.3. The second-order valence-electron chi connectivity index (χ2n) is 5.57.